The second kappa shape index (κ2) is 10.2. The van der Waals surface area contributed by atoms with E-state index in [-0.39, 0.29) is 12.5 Å². The molecule has 1 aromatic heterocycles. The summed E-state index contributed by atoms with van der Waals surface area (Å²) in [6.45, 7) is 3.86. The molecule has 0 aliphatic carbocycles. The molecule has 0 fully saturated rings. The summed E-state index contributed by atoms with van der Waals surface area (Å²) in [5, 5.41) is 17.0. The summed E-state index contributed by atoms with van der Waals surface area (Å²) in [4.78, 5) is 29.4. The van der Waals surface area contributed by atoms with E-state index in [9.17, 15) is 9.59 Å². The molecule has 1 heterocycles. The fraction of sp³-hybridized carbons (Fsp3) is 0.333. The van der Waals surface area contributed by atoms with E-state index < -0.39 is 18.0 Å². The molecule has 2 amide bonds. The van der Waals surface area contributed by atoms with Crippen LogP contribution < -0.4 is 16.0 Å². The maximum absolute atomic E-state index is 12.8. The van der Waals surface area contributed by atoms with Gasteiger partial charge in [-0.15, -0.1) is 0 Å². The highest BCUT2D eigenvalue weighted by molar-refractivity contribution is 5.90. The van der Waals surface area contributed by atoms with Crippen LogP contribution in [0, 0.1) is 25.2 Å². The zero-order chi connectivity index (χ0) is 20.5. The molecular formula is C21H25N5O2. The third kappa shape index (κ3) is 5.89. The van der Waals surface area contributed by atoms with E-state index in [1.807, 2.05) is 38.1 Å². The summed E-state index contributed by atoms with van der Waals surface area (Å²) in [6, 6.07) is 10.0. The fourth-order valence-corrected chi connectivity index (χ4v) is 3.13. The van der Waals surface area contributed by atoms with E-state index in [1.165, 1.54) is 0 Å². The molecule has 0 saturated carbocycles. The molecule has 0 saturated heterocycles. The number of benzene rings is 1. The minimum Gasteiger partial charge on any atom is -0.342 e. The van der Waals surface area contributed by atoms with Crippen LogP contribution in [-0.4, -0.2) is 36.4 Å². The number of likely N-dealkylation sites (N-methyl/N-ethyl adjacent to an activating group) is 1. The van der Waals surface area contributed by atoms with Gasteiger partial charge in [-0.1, -0.05) is 35.4 Å². The van der Waals surface area contributed by atoms with Crippen LogP contribution in [0.5, 0.6) is 0 Å². The normalized spacial score (nSPS) is 12.5. The van der Waals surface area contributed by atoms with Crippen molar-refractivity contribution < 1.29 is 9.59 Å². The van der Waals surface area contributed by atoms with Gasteiger partial charge in [0.05, 0.1) is 6.07 Å². The molecule has 7 heteroatoms. The first-order chi connectivity index (χ1) is 13.4. The number of carbonyl (C=O) groups is 2. The molecule has 1 aromatic carbocycles. The Bertz CT molecular complexity index is 841. The largest absolute Gasteiger partial charge is 0.342 e. The zero-order valence-electron chi connectivity index (χ0n) is 16.3. The van der Waals surface area contributed by atoms with Crippen LogP contribution in [0.2, 0.25) is 0 Å². The highest BCUT2D eigenvalue weighted by atomic mass is 16.2. The SMILES string of the molecule is CNC(C(=O)NC(Cc1cc(C)cc(C)c1)C(=O)NCC#N)c1cccnc1. The molecule has 0 aliphatic heterocycles. The number of pyridine rings is 1. The van der Waals surface area contributed by atoms with Crippen molar-refractivity contribution >= 4 is 11.8 Å². The van der Waals surface area contributed by atoms with E-state index in [0.717, 1.165) is 16.7 Å². The Morgan fingerprint density at radius 3 is 2.46 bits per heavy atom. The molecule has 0 radical (unpaired) electrons. The molecule has 7 nitrogen and oxygen atoms in total. The van der Waals surface area contributed by atoms with Crippen molar-refractivity contribution in [2.45, 2.75) is 32.4 Å². The van der Waals surface area contributed by atoms with Crippen molar-refractivity contribution in [3.8, 4) is 6.07 Å². The Hall–Kier alpha value is -3.24. The Labute approximate surface area is 165 Å². The summed E-state index contributed by atoms with van der Waals surface area (Å²) in [7, 11) is 1.67. The standard InChI is InChI=1S/C21H25N5O2/c1-14-9-15(2)11-16(10-14)12-18(20(27)25-8-6-22)26-21(28)19(23-3)17-5-4-7-24-13-17/h4-5,7,9-11,13,18-19,23H,8,12H2,1-3H3,(H,25,27)(H,26,28). The third-order valence-electron chi connectivity index (χ3n) is 4.26. The van der Waals surface area contributed by atoms with Crippen LogP contribution in [0.25, 0.3) is 0 Å². The lowest BCUT2D eigenvalue weighted by molar-refractivity contribution is -0.130. The molecule has 0 aliphatic rings. The summed E-state index contributed by atoms with van der Waals surface area (Å²) in [5.41, 5.74) is 3.81. The number of amides is 2. The Balaban J connectivity index is 2.21. The molecule has 3 N–H and O–H groups in total. The first-order valence-corrected chi connectivity index (χ1v) is 9.04. The van der Waals surface area contributed by atoms with Crippen LogP contribution in [0.1, 0.15) is 28.3 Å². The lowest BCUT2D eigenvalue weighted by Gasteiger charge is -2.22. The second-order valence-corrected chi connectivity index (χ2v) is 6.65. The van der Waals surface area contributed by atoms with E-state index in [4.69, 9.17) is 5.26 Å². The van der Waals surface area contributed by atoms with Gasteiger partial charge in [-0.2, -0.15) is 5.26 Å². The first kappa shape index (κ1) is 21.1. The molecule has 146 valence electrons. The molecule has 2 rings (SSSR count). The monoisotopic (exact) mass is 379 g/mol. The predicted octanol–water partition coefficient (Wildman–Crippen LogP) is 1.33. The average molecular weight is 379 g/mol. The van der Waals surface area contributed by atoms with Gasteiger partial charge in [0.15, 0.2) is 0 Å². The Kier molecular flexibility index (Phi) is 7.66. The lowest BCUT2D eigenvalue weighted by atomic mass is 10.00. The number of nitrogens with zero attached hydrogens (tertiary/aromatic N) is 2. The van der Waals surface area contributed by atoms with Gasteiger partial charge in [-0.3, -0.25) is 14.6 Å². The van der Waals surface area contributed by atoms with Crippen LogP contribution >= 0.6 is 0 Å². The van der Waals surface area contributed by atoms with Gasteiger partial charge < -0.3 is 16.0 Å². The van der Waals surface area contributed by atoms with E-state index in [0.29, 0.717) is 12.0 Å². The number of hydrogen-bond acceptors (Lipinski definition) is 5. The zero-order valence-corrected chi connectivity index (χ0v) is 16.3. The summed E-state index contributed by atoms with van der Waals surface area (Å²) < 4.78 is 0. The minimum atomic E-state index is -0.797. The van der Waals surface area contributed by atoms with E-state index in [2.05, 4.69) is 20.9 Å². The smallest absolute Gasteiger partial charge is 0.243 e. The number of nitrogens with one attached hydrogen (secondary N) is 3. The van der Waals surface area contributed by atoms with Crippen molar-refractivity contribution in [2.24, 2.45) is 0 Å². The van der Waals surface area contributed by atoms with Gasteiger partial charge in [-0.25, -0.2) is 0 Å². The minimum absolute atomic E-state index is 0.115. The molecule has 2 aromatic rings. The van der Waals surface area contributed by atoms with Crippen LogP contribution in [0.3, 0.4) is 0 Å². The van der Waals surface area contributed by atoms with Crippen molar-refractivity contribution in [1.82, 2.24) is 20.9 Å². The molecular weight excluding hydrogens is 354 g/mol. The number of aromatic nitrogens is 1. The number of rotatable bonds is 8. The molecule has 2 atom stereocenters. The van der Waals surface area contributed by atoms with Crippen molar-refractivity contribution in [1.29, 1.82) is 5.26 Å². The second-order valence-electron chi connectivity index (χ2n) is 6.65. The van der Waals surface area contributed by atoms with E-state index in [1.54, 1.807) is 31.6 Å². The lowest BCUT2D eigenvalue weighted by Crippen LogP contribution is -2.50. The maximum Gasteiger partial charge on any atom is 0.243 e. The molecule has 0 bridgehead atoms. The quantitative estimate of drug-likeness (QED) is 0.600. The molecule has 0 spiro atoms. The highest BCUT2D eigenvalue weighted by Gasteiger charge is 2.26. The van der Waals surface area contributed by atoms with Crippen LogP contribution in [0.4, 0.5) is 0 Å². The average Bonchev–Trinajstić information content (AvgIpc) is 2.66. The maximum atomic E-state index is 12.8. The van der Waals surface area contributed by atoms with Gasteiger partial charge in [0.1, 0.15) is 18.6 Å². The van der Waals surface area contributed by atoms with Gasteiger partial charge in [0, 0.05) is 18.8 Å². The fourth-order valence-electron chi connectivity index (χ4n) is 3.13. The van der Waals surface area contributed by atoms with Gasteiger partial charge in [0.2, 0.25) is 11.8 Å². The third-order valence-corrected chi connectivity index (χ3v) is 4.26. The van der Waals surface area contributed by atoms with Crippen molar-refractivity contribution in [3.05, 3.63) is 65.0 Å². The summed E-state index contributed by atoms with van der Waals surface area (Å²) >= 11 is 0. The predicted molar refractivity (Wildman–Crippen MR) is 106 cm³/mol. The van der Waals surface area contributed by atoms with Gasteiger partial charge in [-0.05, 0) is 38.1 Å². The number of aryl methyl sites for hydroxylation is 2. The summed E-state index contributed by atoms with van der Waals surface area (Å²) in [5.74, 6) is -0.730. The Morgan fingerprint density at radius 1 is 1.18 bits per heavy atom. The molecule has 28 heavy (non-hydrogen) atoms. The van der Waals surface area contributed by atoms with Crippen LogP contribution in [0.15, 0.2) is 42.7 Å². The van der Waals surface area contributed by atoms with E-state index >= 15 is 0 Å². The number of hydrogen-bond donors (Lipinski definition) is 3. The number of nitriles is 1. The molecule has 2 unspecified atom stereocenters. The highest BCUT2D eigenvalue weighted by Crippen LogP contribution is 2.14. The number of carbonyl (C=O) groups excluding carboxylic acids is 2. The first-order valence-electron chi connectivity index (χ1n) is 9.04. The van der Waals surface area contributed by atoms with Crippen LogP contribution in [-0.2, 0) is 16.0 Å². The van der Waals surface area contributed by atoms with Gasteiger partial charge >= 0.3 is 0 Å². The van der Waals surface area contributed by atoms with Crippen molar-refractivity contribution in [3.63, 3.8) is 0 Å². The van der Waals surface area contributed by atoms with Crippen molar-refractivity contribution in [2.75, 3.05) is 13.6 Å². The summed E-state index contributed by atoms with van der Waals surface area (Å²) in [6.07, 6.45) is 3.57. The Morgan fingerprint density at radius 2 is 1.89 bits per heavy atom. The van der Waals surface area contributed by atoms with Gasteiger partial charge in [0.25, 0.3) is 0 Å². The topological polar surface area (TPSA) is 107 Å².